The standard InChI is InChI=1S/C15H10F13N.HI/c1-2-8-3-6-29-9(7-8)12(21,22)14(25,26)15(27,28)13(23,24)10(16,17)4-5-11(18,19)20;/h2-3,6-7H,1,4-5H2;1H. The molecule has 0 aliphatic heterocycles. The van der Waals surface area contributed by atoms with E-state index in [1.807, 2.05) is 0 Å². The molecule has 15 heteroatoms. The molecule has 1 heterocycles. The molecule has 0 atom stereocenters. The van der Waals surface area contributed by atoms with E-state index in [-0.39, 0.29) is 35.6 Å². The van der Waals surface area contributed by atoms with Crippen molar-refractivity contribution < 1.29 is 57.1 Å². The molecule has 0 aliphatic rings. The summed E-state index contributed by atoms with van der Waals surface area (Å²) in [6, 6.07) is 0.958. The molecular formula is C15H11F13IN. The van der Waals surface area contributed by atoms with Crippen LogP contribution in [-0.2, 0) is 5.92 Å². The first-order valence-corrected chi connectivity index (χ1v) is 7.29. The van der Waals surface area contributed by atoms with E-state index in [0.717, 1.165) is 12.1 Å². The van der Waals surface area contributed by atoms with Crippen molar-refractivity contribution in [1.82, 2.24) is 4.98 Å². The van der Waals surface area contributed by atoms with Crippen LogP contribution in [0.25, 0.3) is 6.08 Å². The van der Waals surface area contributed by atoms with Crippen molar-refractivity contribution in [2.24, 2.45) is 0 Å². The lowest BCUT2D eigenvalue weighted by Gasteiger charge is -2.39. The molecule has 0 radical (unpaired) electrons. The zero-order chi connectivity index (χ0) is 23.1. The van der Waals surface area contributed by atoms with Crippen molar-refractivity contribution in [2.45, 2.75) is 48.6 Å². The highest BCUT2D eigenvalue weighted by molar-refractivity contribution is 14.0. The van der Waals surface area contributed by atoms with E-state index in [4.69, 9.17) is 0 Å². The highest BCUT2D eigenvalue weighted by atomic mass is 127. The van der Waals surface area contributed by atoms with Gasteiger partial charge in [0.15, 0.2) is 0 Å². The molecule has 0 aromatic carbocycles. The maximum Gasteiger partial charge on any atom is 0.389 e. The van der Waals surface area contributed by atoms with Crippen LogP contribution in [0.15, 0.2) is 24.9 Å². The van der Waals surface area contributed by atoms with Crippen LogP contribution >= 0.6 is 24.0 Å². The van der Waals surface area contributed by atoms with Gasteiger partial charge in [-0.2, -0.15) is 57.1 Å². The lowest BCUT2D eigenvalue weighted by molar-refractivity contribution is -0.406. The van der Waals surface area contributed by atoms with Gasteiger partial charge in [0.25, 0.3) is 0 Å². The van der Waals surface area contributed by atoms with Gasteiger partial charge in [-0.1, -0.05) is 12.7 Å². The Labute approximate surface area is 177 Å². The number of alkyl halides is 13. The van der Waals surface area contributed by atoms with Crippen LogP contribution < -0.4 is 0 Å². The highest BCUT2D eigenvalue weighted by Crippen LogP contribution is 2.60. The smallest absolute Gasteiger partial charge is 0.255 e. The molecule has 0 spiro atoms. The van der Waals surface area contributed by atoms with Crippen LogP contribution in [0.5, 0.6) is 0 Å². The summed E-state index contributed by atoms with van der Waals surface area (Å²) in [4.78, 5) is 2.66. The van der Waals surface area contributed by atoms with E-state index in [9.17, 15) is 57.1 Å². The Hall–Kier alpha value is -1.29. The first-order valence-electron chi connectivity index (χ1n) is 7.29. The summed E-state index contributed by atoms with van der Waals surface area (Å²) in [5, 5.41) is 0. The predicted octanol–water partition coefficient (Wildman–Crippen LogP) is 7.32. The Balaban J connectivity index is 0.00000841. The summed E-state index contributed by atoms with van der Waals surface area (Å²) in [7, 11) is 0. The molecule has 0 fully saturated rings. The molecular weight excluding hydrogens is 568 g/mol. The Bertz CT molecular complexity index is 742. The van der Waals surface area contributed by atoms with Crippen molar-refractivity contribution in [3.63, 3.8) is 0 Å². The molecule has 174 valence electrons. The second-order valence-corrected chi connectivity index (χ2v) is 5.80. The van der Waals surface area contributed by atoms with Crippen molar-refractivity contribution >= 4 is 30.1 Å². The third-order valence-corrected chi connectivity index (χ3v) is 3.71. The van der Waals surface area contributed by atoms with E-state index < -0.39 is 54.3 Å². The lowest BCUT2D eigenvalue weighted by atomic mass is 9.90. The SMILES string of the molecule is C=Cc1ccnc(C(F)(F)C(F)(F)C(F)(F)C(F)(F)C(F)(F)CCC(F)(F)F)c1.I. The van der Waals surface area contributed by atoms with Gasteiger partial charge in [0, 0.05) is 19.0 Å². The molecule has 1 aromatic rings. The summed E-state index contributed by atoms with van der Waals surface area (Å²) in [5.41, 5.74) is -2.55. The Morgan fingerprint density at radius 3 is 1.70 bits per heavy atom. The normalized spacial score (nSPS) is 14.3. The second-order valence-electron chi connectivity index (χ2n) is 5.80. The summed E-state index contributed by atoms with van der Waals surface area (Å²) in [5.74, 6) is -34.5. The monoisotopic (exact) mass is 579 g/mol. The quantitative estimate of drug-likeness (QED) is 0.233. The fourth-order valence-electron chi connectivity index (χ4n) is 1.99. The minimum Gasteiger partial charge on any atom is -0.255 e. The Morgan fingerprint density at radius 1 is 0.767 bits per heavy atom. The number of hydrogen-bond donors (Lipinski definition) is 0. The molecule has 0 bridgehead atoms. The van der Waals surface area contributed by atoms with Crippen molar-refractivity contribution in [2.75, 3.05) is 0 Å². The average Bonchev–Trinajstić information content (AvgIpc) is 2.58. The average molecular weight is 579 g/mol. The van der Waals surface area contributed by atoms with E-state index in [0.29, 0.717) is 6.20 Å². The van der Waals surface area contributed by atoms with Gasteiger partial charge < -0.3 is 0 Å². The maximum atomic E-state index is 14.0. The van der Waals surface area contributed by atoms with Gasteiger partial charge in [-0.3, -0.25) is 4.98 Å². The van der Waals surface area contributed by atoms with Crippen molar-refractivity contribution in [1.29, 1.82) is 0 Å². The zero-order valence-corrected chi connectivity index (χ0v) is 16.5. The number of hydrogen-bond acceptors (Lipinski definition) is 1. The van der Waals surface area contributed by atoms with E-state index >= 15 is 0 Å². The molecule has 0 saturated carbocycles. The van der Waals surface area contributed by atoms with Gasteiger partial charge in [-0.05, 0) is 17.7 Å². The minimum absolute atomic E-state index is 0. The number of nitrogens with zero attached hydrogens (tertiary/aromatic N) is 1. The zero-order valence-electron chi connectivity index (χ0n) is 14.2. The Morgan fingerprint density at radius 2 is 1.27 bits per heavy atom. The predicted molar refractivity (Wildman–Crippen MR) is 88.7 cm³/mol. The summed E-state index contributed by atoms with van der Waals surface area (Å²) >= 11 is 0. The van der Waals surface area contributed by atoms with E-state index in [2.05, 4.69) is 11.6 Å². The van der Waals surface area contributed by atoms with Crippen LogP contribution in [-0.4, -0.2) is 34.9 Å². The number of halogens is 14. The van der Waals surface area contributed by atoms with Gasteiger partial charge in [0.05, 0.1) is 0 Å². The molecule has 1 aromatic heterocycles. The fraction of sp³-hybridized carbons (Fsp3) is 0.533. The first kappa shape index (κ1) is 28.7. The van der Waals surface area contributed by atoms with Gasteiger partial charge in [-0.25, -0.2) is 0 Å². The Kier molecular flexibility index (Phi) is 8.31. The van der Waals surface area contributed by atoms with Gasteiger partial charge in [0.1, 0.15) is 5.69 Å². The highest BCUT2D eigenvalue weighted by Gasteiger charge is 2.86. The van der Waals surface area contributed by atoms with Crippen LogP contribution in [0, 0.1) is 0 Å². The molecule has 0 N–H and O–H groups in total. The molecule has 0 aliphatic carbocycles. The first-order chi connectivity index (χ1) is 12.7. The third kappa shape index (κ3) is 4.95. The van der Waals surface area contributed by atoms with Gasteiger partial charge in [-0.15, -0.1) is 24.0 Å². The number of pyridine rings is 1. The summed E-state index contributed by atoms with van der Waals surface area (Å²) in [6.45, 7) is 3.06. The fourth-order valence-corrected chi connectivity index (χ4v) is 1.99. The third-order valence-electron chi connectivity index (χ3n) is 3.71. The molecule has 1 rings (SSSR count). The largest absolute Gasteiger partial charge is 0.389 e. The molecule has 1 nitrogen and oxygen atoms in total. The van der Waals surface area contributed by atoms with Crippen LogP contribution in [0.4, 0.5) is 57.1 Å². The number of aromatic nitrogens is 1. The molecule has 0 amide bonds. The second kappa shape index (κ2) is 8.68. The van der Waals surface area contributed by atoms with E-state index in [1.54, 1.807) is 0 Å². The van der Waals surface area contributed by atoms with Crippen LogP contribution in [0.3, 0.4) is 0 Å². The molecule has 30 heavy (non-hydrogen) atoms. The van der Waals surface area contributed by atoms with Gasteiger partial charge >= 0.3 is 35.8 Å². The summed E-state index contributed by atoms with van der Waals surface area (Å²) in [6.07, 6.45) is -10.1. The molecule has 0 saturated heterocycles. The topological polar surface area (TPSA) is 12.9 Å². The lowest BCUT2D eigenvalue weighted by Crippen LogP contribution is -2.66. The van der Waals surface area contributed by atoms with Crippen LogP contribution in [0.1, 0.15) is 24.1 Å². The van der Waals surface area contributed by atoms with Crippen molar-refractivity contribution in [3.05, 3.63) is 36.2 Å². The van der Waals surface area contributed by atoms with Crippen LogP contribution in [0.2, 0.25) is 0 Å². The maximum absolute atomic E-state index is 14.0. The van der Waals surface area contributed by atoms with Crippen molar-refractivity contribution in [3.8, 4) is 0 Å². The van der Waals surface area contributed by atoms with Gasteiger partial charge in [0.2, 0.25) is 0 Å². The molecule has 0 unspecified atom stereocenters. The van der Waals surface area contributed by atoms with E-state index in [1.165, 1.54) is 0 Å². The minimum atomic E-state index is -7.47. The summed E-state index contributed by atoms with van der Waals surface area (Å²) < 4.78 is 172. The number of rotatable bonds is 8.